The fraction of sp³-hybridized carbons (Fsp3) is 0.360. The van der Waals surface area contributed by atoms with Crippen LogP contribution in [-0.4, -0.2) is 40.2 Å². The predicted octanol–water partition coefficient (Wildman–Crippen LogP) is 4.25. The Morgan fingerprint density at radius 1 is 1.06 bits per heavy atom. The Morgan fingerprint density at radius 3 is 2.66 bits per heavy atom. The Balaban J connectivity index is 1.17. The molecule has 2 N–H and O–H groups in total. The van der Waals surface area contributed by atoms with E-state index in [1.165, 1.54) is 16.3 Å². The van der Waals surface area contributed by atoms with Gasteiger partial charge in [0.15, 0.2) is 5.69 Å². The molecule has 1 aromatic heterocycles. The van der Waals surface area contributed by atoms with E-state index in [9.17, 15) is 9.18 Å². The Morgan fingerprint density at radius 2 is 1.84 bits per heavy atom. The maximum atomic E-state index is 13.9. The van der Waals surface area contributed by atoms with Gasteiger partial charge in [0.05, 0.1) is 0 Å². The maximum absolute atomic E-state index is 13.9. The number of amides is 1. The van der Waals surface area contributed by atoms with Gasteiger partial charge in [0, 0.05) is 31.9 Å². The van der Waals surface area contributed by atoms with E-state index in [0.29, 0.717) is 30.0 Å². The van der Waals surface area contributed by atoms with Crippen LogP contribution in [0, 0.1) is 5.82 Å². The fourth-order valence-electron chi connectivity index (χ4n) is 4.14. The van der Waals surface area contributed by atoms with Crippen molar-refractivity contribution in [3.63, 3.8) is 0 Å². The van der Waals surface area contributed by atoms with Crippen LogP contribution in [0.5, 0.6) is 0 Å². The molecule has 3 aromatic rings. The average Bonchev–Trinajstić information content (AvgIpc) is 3.49. The van der Waals surface area contributed by atoms with Crippen LogP contribution in [0.25, 0.3) is 5.69 Å². The molecule has 1 amide bonds. The Hall–Kier alpha value is -3.03. The second-order valence-electron chi connectivity index (χ2n) is 8.36. The molecule has 2 atom stereocenters. The lowest BCUT2D eigenvalue weighted by molar-refractivity contribution is 0.0786. The number of hydrogen-bond acceptors (Lipinski definition) is 4. The summed E-state index contributed by atoms with van der Waals surface area (Å²) in [6.07, 6.45) is 6.94. The fourth-order valence-corrected chi connectivity index (χ4v) is 4.14. The second kappa shape index (κ2) is 10.5. The van der Waals surface area contributed by atoms with Crippen LogP contribution in [0.3, 0.4) is 0 Å². The number of nitrogens with one attached hydrogen (secondary N) is 2. The molecule has 2 aromatic carbocycles. The number of nitrogens with zero attached hydrogens (tertiary/aromatic N) is 3. The van der Waals surface area contributed by atoms with Crippen molar-refractivity contribution < 1.29 is 9.18 Å². The van der Waals surface area contributed by atoms with Crippen molar-refractivity contribution in [1.29, 1.82) is 0 Å². The number of unbranched alkanes of at least 4 members (excludes halogenated alkanes) is 2. The Labute approximate surface area is 188 Å². The van der Waals surface area contributed by atoms with Gasteiger partial charge >= 0.3 is 0 Å². The summed E-state index contributed by atoms with van der Waals surface area (Å²) in [5, 5.41) is 4.26. The number of aromatic nitrogens is 2. The van der Waals surface area contributed by atoms with Crippen LogP contribution in [0.2, 0.25) is 0 Å². The number of carbonyl (C=O) groups excluding carboxylic acids is 1. The van der Waals surface area contributed by atoms with Gasteiger partial charge in [0.2, 0.25) is 0 Å². The number of carbonyl (C=O) groups is 1. The molecule has 1 aliphatic heterocycles. The number of halogens is 1. The van der Waals surface area contributed by atoms with E-state index in [4.69, 9.17) is 0 Å². The third-order valence-corrected chi connectivity index (χ3v) is 5.98. The van der Waals surface area contributed by atoms with Crippen LogP contribution >= 0.6 is 0 Å². The highest BCUT2D eigenvalue weighted by molar-refractivity contribution is 5.92. The molecule has 1 aliphatic rings. The lowest BCUT2D eigenvalue weighted by atomic mass is 9.99. The van der Waals surface area contributed by atoms with Crippen LogP contribution in [0.15, 0.2) is 66.9 Å². The van der Waals surface area contributed by atoms with Crippen molar-refractivity contribution in [3.8, 4) is 5.69 Å². The summed E-state index contributed by atoms with van der Waals surface area (Å²) in [5.74, 6) is -0.516. The third kappa shape index (κ3) is 5.41. The van der Waals surface area contributed by atoms with E-state index >= 15 is 0 Å². The number of rotatable bonds is 9. The van der Waals surface area contributed by atoms with Crippen molar-refractivity contribution in [2.45, 2.75) is 44.2 Å². The van der Waals surface area contributed by atoms with Crippen LogP contribution in [0.4, 0.5) is 4.39 Å². The molecule has 32 heavy (non-hydrogen) atoms. The Bertz CT molecular complexity index is 1020. The molecule has 1 fully saturated rings. The van der Waals surface area contributed by atoms with Gasteiger partial charge in [-0.15, -0.1) is 0 Å². The molecule has 2 unspecified atom stereocenters. The van der Waals surface area contributed by atoms with Gasteiger partial charge in [-0.1, -0.05) is 55.3 Å². The highest BCUT2D eigenvalue weighted by Gasteiger charge is 2.24. The van der Waals surface area contributed by atoms with Gasteiger partial charge in [-0.05, 0) is 43.0 Å². The number of hydrazine groups is 1. The van der Waals surface area contributed by atoms with Gasteiger partial charge in [-0.3, -0.25) is 15.6 Å². The topological polar surface area (TPSA) is 62.2 Å². The van der Waals surface area contributed by atoms with Gasteiger partial charge in [0.25, 0.3) is 5.91 Å². The monoisotopic (exact) mass is 435 g/mol. The minimum absolute atomic E-state index is 0.146. The van der Waals surface area contributed by atoms with Gasteiger partial charge < -0.3 is 4.90 Å². The third-order valence-electron chi connectivity index (χ3n) is 5.98. The predicted molar refractivity (Wildman–Crippen MR) is 123 cm³/mol. The first kappa shape index (κ1) is 22.2. The van der Waals surface area contributed by atoms with E-state index < -0.39 is 0 Å². The molecule has 2 heterocycles. The zero-order chi connectivity index (χ0) is 22.3. The summed E-state index contributed by atoms with van der Waals surface area (Å²) in [4.78, 5) is 14.3. The molecule has 0 spiro atoms. The summed E-state index contributed by atoms with van der Waals surface area (Å²) >= 11 is 0. The molecule has 1 saturated heterocycles. The zero-order valence-electron chi connectivity index (χ0n) is 18.4. The van der Waals surface area contributed by atoms with Crippen LogP contribution in [-0.2, 0) is 0 Å². The van der Waals surface area contributed by atoms with Gasteiger partial charge in [0.1, 0.15) is 11.5 Å². The van der Waals surface area contributed by atoms with Crippen molar-refractivity contribution in [2.24, 2.45) is 0 Å². The highest BCUT2D eigenvalue weighted by Crippen LogP contribution is 2.24. The highest BCUT2D eigenvalue weighted by atomic mass is 19.1. The molecule has 4 rings (SSSR count). The lowest BCUT2D eigenvalue weighted by Gasteiger charge is -2.16. The van der Waals surface area contributed by atoms with Crippen LogP contribution in [0.1, 0.15) is 54.2 Å². The van der Waals surface area contributed by atoms with Gasteiger partial charge in [-0.2, -0.15) is 5.10 Å². The first-order valence-electron chi connectivity index (χ1n) is 11.2. The number of para-hydroxylation sites is 1. The molecular weight excluding hydrogens is 405 g/mol. The van der Waals surface area contributed by atoms with Gasteiger partial charge in [-0.25, -0.2) is 9.07 Å². The van der Waals surface area contributed by atoms with Crippen LogP contribution < -0.4 is 10.9 Å². The first-order chi connectivity index (χ1) is 15.6. The molecule has 0 aliphatic carbocycles. The quantitative estimate of drug-likeness (QED) is 0.493. The lowest BCUT2D eigenvalue weighted by Crippen LogP contribution is -2.31. The summed E-state index contributed by atoms with van der Waals surface area (Å²) in [7, 11) is 1.79. The molecule has 0 bridgehead atoms. The van der Waals surface area contributed by atoms with E-state index in [0.717, 1.165) is 32.1 Å². The summed E-state index contributed by atoms with van der Waals surface area (Å²) in [6.45, 7) is 0.675. The van der Waals surface area contributed by atoms with E-state index in [1.807, 2.05) is 6.07 Å². The van der Waals surface area contributed by atoms with Crippen molar-refractivity contribution >= 4 is 5.91 Å². The molecule has 0 saturated carbocycles. The number of benzene rings is 2. The Kier molecular flexibility index (Phi) is 7.29. The molecule has 168 valence electrons. The van der Waals surface area contributed by atoms with E-state index in [-0.39, 0.29) is 11.7 Å². The standard InChI is InChI=1S/C25H30FN5O/c1-30(25(32)22-15-17-31(29-22)24-14-8-7-13-21(24)26)16-9-3-6-12-20-18-23(28-27-20)19-10-4-2-5-11-19/h2,4-5,7-8,10-11,13-15,17,20,23,27-28H,3,6,9,12,16,18H2,1H3. The second-order valence-corrected chi connectivity index (χ2v) is 8.36. The zero-order valence-corrected chi connectivity index (χ0v) is 18.4. The largest absolute Gasteiger partial charge is 0.340 e. The SMILES string of the molecule is CN(CCCCCC1CC(c2ccccc2)NN1)C(=O)c1ccn(-c2ccccc2F)n1. The molecule has 0 radical (unpaired) electrons. The minimum atomic E-state index is -0.370. The smallest absolute Gasteiger partial charge is 0.274 e. The van der Waals surface area contributed by atoms with E-state index in [1.54, 1.807) is 42.4 Å². The summed E-state index contributed by atoms with van der Waals surface area (Å²) < 4.78 is 15.3. The number of hydrogen-bond donors (Lipinski definition) is 2. The van der Waals surface area contributed by atoms with Crippen molar-refractivity contribution in [2.75, 3.05) is 13.6 Å². The van der Waals surface area contributed by atoms with Crippen molar-refractivity contribution in [3.05, 3.63) is 83.9 Å². The minimum Gasteiger partial charge on any atom is -0.340 e. The van der Waals surface area contributed by atoms with Crippen molar-refractivity contribution in [1.82, 2.24) is 25.5 Å². The normalized spacial score (nSPS) is 18.1. The maximum Gasteiger partial charge on any atom is 0.274 e. The first-order valence-corrected chi connectivity index (χ1v) is 11.2. The van der Waals surface area contributed by atoms with E-state index in [2.05, 4.69) is 40.2 Å². The molecule has 7 heteroatoms. The molecular formula is C25H30FN5O. The molecule has 6 nitrogen and oxygen atoms in total. The average molecular weight is 436 g/mol. The summed E-state index contributed by atoms with van der Waals surface area (Å²) in [6, 6.07) is 19.4. The summed E-state index contributed by atoms with van der Waals surface area (Å²) in [5.41, 5.74) is 8.78.